The molecule has 0 spiro atoms. The SMILES string of the molecule is NCC(Nc1ccc(Br)c(Cl)c1)c1ccc(Br)o1. The average Bonchev–Trinajstić information content (AvgIpc) is 2.77. The molecule has 1 unspecified atom stereocenters. The Morgan fingerprint density at radius 3 is 2.61 bits per heavy atom. The highest BCUT2D eigenvalue weighted by Crippen LogP contribution is 2.28. The van der Waals surface area contributed by atoms with Crippen molar-refractivity contribution in [2.45, 2.75) is 6.04 Å². The van der Waals surface area contributed by atoms with E-state index in [1.54, 1.807) is 0 Å². The summed E-state index contributed by atoms with van der Waals surface area (Å²) in [5.74, 6) is 0.781. The summed E-state index contributed by atoms with van der Waals surface area (Å²) in [4.78, 5) is 0. The zero-order chi connectivity index (χ0) is 13.1. The summed E-state index contributed by atoms with van der Waals surface area (Å²) in [6, 6.07) is 9.29. The highest BCUT2D eigenvalue weighted by Gasteiger charge is 2.14. The maximum absolute atomic E-state index is 6.04. The van der Waals surface area contributed by atoms with Crippen LogP contribution in [0.3, 0.4) is 0 Å². The Labute approximate surface area is 127 Å². The summed E-state index contributed by atoms with van der Waals surface area (Å²) >= 11 is 12.7. The van der Waals surface area contributed by atoms with Crippen LogP contribution in [-0.2, 0) is 0 Å². The van der Waals surface area contributed by atoms with Gasteiger partial charge in [-0.05, 0) is 62.2 Å². The van der Waals surface area contributed by atoms with Gasteiger partial charge in [0, 0.05) is 16.7 Å². The van der Waals surface area contributed by atoms with Crippen molar-refractivity contribution in [3.05, 3.63) is 50.3 Å². The predicted octanol–water partition coefficient (Wildman–Crippen LogP) is 4.57. The molecular formula is C12H11Br2ClN2O. The molecule has 18 heavy (non-hydrogen) atoms. The molecule has 0 saturated carbocycles. The Kier molecular flexibility index (Phi) is 4.72. The van der Waals surface area contributed by atoms with Crippen molar-refractivity contribution < 1.29 is 4.42 Å². The normalized spacial score (nSPS) is 12.4. The van der Waals surface area contributed by atoms with Gasteiger partial charge in [-0.1, -0.05) is 11.6 Å². The fraction of sp³-hybridized carbons (Fsp3) is 0.167. The third-order valence-corrected chi connectivity index (χ3v) is 4.09. The summed E-state index contributed by atoms with van der Waals surface area (Å²) in [5.41, 5.74) is 6.64. The molecule has 1 atom stereocenters. The Bertz CT molecular complexity index is 545. The van der Waals surface area contributed by atoms with Gasteiger partial charge in [-0.15, -0.1) is 0 Å². The van der Waals surface area contributed by atoms with E-state index >= 15 is 0 Å². The van der Waals surface area contributed by atoms with E-state index < -0.39 is 0 Å². The average molecular weight is 394 g/mol. The van der Waals surface area contributed by atoms with Crippen LogP contribution in [0.15, 0.2) is 43.9 Å². The topological polar surface area (TPSA) is 51.2 Å². The van der Waals surface area contributed by atoms with E-state index in [1.165, 1.54) is 0 Å². The van der Waals surface area contributed by atoms with Gasteiger partial charge in [0.1, 0.15) is 5.76 Å². The summed E-state index contributed by atoms with van der Waals surface area (Å²) < 4.78 is 7.04. The van der Waals surface area contributed by atoms with Crippen LogP contribution in [0.1, 0.15) is 11.8 Å². The largest absolute Gasteiger partial charge is 0.452 e. The van der Waals surface area contributed by atoms with Crippen molar-refractivity contribution in [1.82, 2.24) is 0 Å². The number of halogens is 3. The number of hydrogen-bond acceptors (Lipinski definition) is 3. The smallest absolute Gasteiger partial charge is 0.169 e. The number of benzene rings is 1. The maximum atomic E-state index is 6.04. The van der Waals surface area contributed by atoms with Crippen LogP contribution in [0.25, 0.3) is 0 Å². The summed E-state index contributed by atoms with van der Waals surface area (Å²) in [7, 11) is 0. The molecule has 0 fully saturated rings. The summed E-state index contributed by atoms with van der Waals surface area (Å²) in [6.45, 7) is 0.424. The van der Waals surface area contributed by atoms with Gasteiger partial charge < -0.3 is 15.5 Å². The van der Waals surface area contributed by atoms with E-state index in [9.17, 15) is 0 Å². The molecule has 3 nitrogen and oxygen atoms in total. The number of hydrogen-bond donors (Lipinski definition) is 2. The molecule has 0 saturated heterocycles. The lowest BCUT2D eigenvalue weighted by molar-refractivity contribution is 0.463. The molecule has 0 aliphatic rings. The van der Waals surface area contributed by atoms with Crippen LogP contribution in [0.5, 0.6) is 0 Å². The van der Waals surface area contributed by atoms with Crippen molar-refractivity contribution in [2.75, 3.05) is 11.9 Å². The molecule has 0 aliphatic carbocycles. The zero-order valence-electron chi connectivity index (χ0n) is 9.29. The molecular weight excluding hydrogens is 383 g/mol. The van der Waals surface area contributed by atoms with Crippen LogP contribution >= 0.6 is 43.5 Å². The standard InChI is InChI=1S/C12H11Br2ClN2O/c13-8-2-1-7(5-9(8)15)17-10(6-16)11-3-4-12(14)18-11/h1-5,10,17H,6,16H2. The number of nitrogens with two attached hydrogens (primary N) is 1. The summed E-state index contributed by atoms with van der Waals surface area (Å²) in [5, 5.41) is 3.93. The van der Waals surface area contributed by atoms with E-state index in [0.29, 0.717) is 16.2 Å². The van der Waals surface area contributed by atoms with Crippen LogP contribution < -0.4 is 11.1 Å². The van der Waals surface area contributed by atoms with Gasteiger partial charge in [-0.25, -0.2) is 0 Å². The van der Waals surface area contributed by atoms with Crippen LogP contribution in [0.2, 0.25) is 5.02 Å². The summed E-state index contributed by atoms with van der Waals surface area (Å²) in [6.07, 6.45) is 0. The third-order valence-electron chi connectivity index (χ3n) is 2.43. The van der Waals surface area contributed by atoms with Crippen molar-refractivity contribution in [2.24, 2.45) is 5.73 Å². The number of nitrogens with one attached hydrogen (secondary N) is 1. The third kappa shape index (κ3) is 3.29. The predicted molar refractivity (Wildman–Crippen MR) is 81.0 cm³/mol. The lowest BCUT2D eigenvalue weighted by Crippen LogP contribution is -2.20. The van der Waals surface area contributed by atoms with Crippen LogP contribution in [0, 0.1) is 0 Å². The van der Waals surface area contributed by atoms with E-state index in [-0.39, 0.29) is 6.04 Å². The first-order valence-corrected chi connectivity index (χ1v) is 7.23. The van der Waals surface area contributed by atoms with Crippen molar-refractivity contribution >= 4 is 49.1 Å². The monoisotopic (exact) mass is 392 g/mol. The van der Waals surface area contributed by atoms with Gasteiger partial charge in [-0.3, -0.25) is 0 Å². The van der Waals surface area contributed by atoms with Gasteiger partial charge >= 0.3 is 0 Å². The minimum absolute atomic E-state index is 0.0893. The van der Waals surface area contributed by atoms with Crippen LogP contribution in [0.4, 0.5) is 5.69 Å². The van der Waals surface area contributed by atoms with E-state index in [4.69, 9.17) is 21.8 Å². The first kappa shape index (κ1) is 13.9. The van der Waals surface area contributed by atoms with E-state index in [1.807, 2.05) is 30.3 Å². The molecule has 2 rings (SSSR count). The van der Waals surface area contributed by atoms with E-state index in [0.717, 1.165) is 15.9 Å². The molecule has 96 valence electrons. The van der Waals surface area contributed by atoms with Crippen molar-refractivity contribution in [3.63, 3.8) is 0 Å². The van der Waals surface area contributed by atoms with Gasteiger partial charge in [0.05, 0.1) is 11.1 Å². The Morgan fingerprint density at radius 1 is 1.28 bits per heavy atom. The molecule has 0 amide bonds. The van der Waals surface area contributed by atoms with Crippen LogP contribution in [-0.4, -0.2) is 6.54 Å². The van der Waals surface area contributed by atoms with Crippen molar-refractivity contribution in [1.29, 1.82) is 0 Å². The van der Waals surface area contributed by atoms with E-state index in [2.05, 4.69) is 37.2 Å². The fourth-order valence-corrected chi connectivity index (χ4v) is 2.30. The fourth-order valence-electron chi connectivity index (χ4n) is 1.55. The lowest BCUT2D eigenvalue weighted by atomic mass is 10.2. The Morgan fingerprint density at radius 2 is 2.06 bits per heavy atom. The molecule has 0 radical (unpaired) electrons. The second-order valence-corrected chi connectivity index (χ2v) is 5.75. The number of anilines is 1. The van der Waals surface area contributed by atoms with Crippen molar-refractivity contribution in [3.8, 4) is 0 Å². The minimum Gasteiger partial charge on any atom is -0.452 e. The molecule has 1 heterocycles. The zero-order valence-corrected chi connectivity index (χ0v) is 13.2. The molecule has 0 bridgehead atoms. The van der Waals surface area contributed by atoms with Gasteiger partial charge in [-0.2, -0.15) is 0 Å². The molecule has 0 aliphatic heterocycles. The molecule has 3 N–H and O–H groups in total. The second kappa shape index (κ2) is 6.10. The number of furan rings is 1. The van der Waals surface area contributed by atoms with Gasteiger partial charge in [0.15, 0.2) is 4.67 Å². The minimum atomic E-state index is -0.0893. The molecule has 1 aromatic carbocycles. The second-order valence-electron chi connectivity index (χ2n) is 3.70. The number of rotatable bonds is 4. The highest BCUT2D eigenvalue weighted by molar-refractivity contribution is 9.10. The molecule has 1 aromatic heterocycles. The maximum Gasteiger partial charge on any atom is 0.169 e. The lowest BCUT2D eigenvalue weighted by Gasteiger charge is -2.16. The molecule has 2 aromatic rings. The van der Waals surface area contributed by atoms with Gasteiger partial charge in [0.25, 0.3) is 0 Å². The quantitative estimate of drug-likeness (QED) is 0.799. The Hall–Kier alpha value is -0.490. The molecule has 6 heteroatoms. The first-order valence-electron chi connectivity index (χ1n) is 5.27. The Balaban J connectivity index is 2.17. The van der Waals surface area contributed by atoms with Gasteiger partial charge in [0.2, 0.25) is 0 Å². The first-order chi connectivity index (χ1) is 8.60. The highest BCUT2D eigenvalue weighted by atomic mass is 79.9.